The number of amides is 1. The molecule has 0 atom stereocenters. The van der Waals surface area contributed by atoms with E-state index in [1.165, 1.54) is 30.7 Å². The highest BCUT2D eigenvalue weighted by Gasteiger charge is 2.12. The molecule has 2 aromatic rings. The first kappa shape index (κ1) is 13.6. The molecular formula is C14H11FN4O. The van der Waals surface area contributed by atoms with E-state index in [2.05, 4.69) is 27.1 Å². The number of hydrogen-bond acceptors (Lipinski definition) is 4. The van der Waals surface area contributed by atoms with Crippen LogP contribution in [0, 0.1) is 17.7 Å². The molecule has 6 heteroatoms. The number of pyridine rings is 2. The average Bonchev–Trinajstić information content (AvgIpc) is 2.47. The van der Waals surface area contributed by atoms with E-state index in [9.17, 15) is 9.18 Å². The number of carbonyl (C=O) groups excluding carboxylic acids is 1. The molecule has 2 aromatic heterocycles. The highest BCUT2D eigenvalue weighted by atomic mass is 19.1. The Morgan fingerprint density at radius 1 is 1.30 bits per heavy atom. The van der Waals surface area contributed by atoms with E-state index >= 15 is 0 Å². The summed E-state index contributed by atoms with van der Waals surface area (Å²) in [6, 6.07) is 2.88. The molecule has 0 saturated carbocycles. The molecule has 0 fully saturated rings. The molecule has 3 N–H and O–H groups in total. The average molecular weight is 270 g/mol. The molecule has 0 aliphatic rings. The Morgan fingerprint density at radius 2 is 2.05 bits per heavy atom. The van der Waals surface area contributed by atoms with Crippen molar-refractivity contribution in [2.75, 3.05) is 11.9 Å². The SMILES string of the molecule is NCC#Cc1cnccc1C(=O)Nc1ccncc1F. The summed E-state index contributed by atoms with van der Waals surface area (Å²) in [6.45, 7) is 0.176. The third-order valence-corrected chi connectivity index (χ3v) is 2.41. The van der Waals surface area contributed by atoms with Crippen molar-refractivity contribution >= 4 is 11.6 Å². The van der Waals surface area contributed by atoms with Gasteiger partial charge < -0.3 is 11.1 Å². The van der Waals surface area contributed by atoms with Crippen LogP contribution < -0.4 is 11.1 Å². The fourth-order valence-electron chi connectivity index (χ4n) is 1.50. The molecule has 0 aliphatic heterocycles. The molecular weight excluding hydrogens is 259 g/mol. The van der Waals surface area contributed by atoms with Crippen LogP contribution in [0.3, 0.4) is 0 Å². The van der Waals surface area contributed by atoms with Crippen LogP contribution in [0.25, 0.3) is 0 Å². The number of aromatic nitrogens is 2. The van der Waals surface area contributed by atoms with Gasteiger partial charge in [0.05, 0.1) is 29.6 Å². The highest BCUT2D eigenvalue weighted by molar-refractivity contribution is 6.05. The molecule has 20 heavy (non-hydrogen) atoms. The Hall–Kier alpha value is -2.78. The van der Waals surface area contributed by atoms with Crippen molar-refractivity contribution < 1.29 is 9.18 Å². The number of hydrogen-bond donors (Lipinski definition) is 2. The minimum Gasteiger partial charge on any atom is -0.320 e. The highest BCUT2D eigenvalue weighted by Crippen LogP contribution is 2.14. The number of carbonyl (C=O) groups is 1. The van der Waals surface area contributed by atoms with Crippen LogP contribution in [0.5, 0.6) is 0 Å². The van der Waals surface area contributed by atoms with Gasteiger partial charge in [-0.1, -0.05) is 11.8 Å². The fourth-order valence-corrected chi connectivity index (χ4v) is 1.50. The van der Waals surface area contributed by atoms with E-state index in [-0.39, 0.29) is 12.2 Å². The van der Waals surface area contributed by atoms with Crippen molar-refractivity contribution in [3.8, 4) is 11.8 Å². The first-order valence-corrected chi connectivity index (χ1v) is 5.76. The number of halogens is 1. The summed E-state index contributed by atoms with van der Waals surface area (Å²) in [5.41, 5.74) is 6.09. The van der Waals surface area contributed by atoms with E-state index in [0.717, 1.165) is 6.20 Å². The lowest BCUT2D eigenvalue weighted by Crippen LogP contribution is -2.15. The summed E-state index contributed by atoms with van der Waals surface area (Å²) >= 11 is 0. The van der Waals surface area contributed by atoms with Gasteiger partial charge in [-0.3, -0.25) is 14.8 Å². The van der Waals surface area contributed by atoms with Gasteiger partial charge in [0.15, 0.2) is 5.82 Å². The lowest BCUT2D eigenvalue weighted by Gasteiger charge is -2.07. The molecule has 2 heterocycles. The van der Waals surface area contributed by atoms with Crippen LogP contribution in [0.1, 0.15) is 15.9 Å². The second kappa shape index (κ2) is 6.41. The van der Waals surface area contributed by atoms with Gasteiger partial charge in [0.2, 0.25) is 0 Å². The first-order valence-electron chi connectivity index (χ1n) is 5.76. The maximum absolute atomic E-state index is 13.4. The Labute approximate surface area is 115 Å². The fraction of sp³-hybridized carbons (Fsp3) is 0.0714. The monoisotopic (exact) mass is 270 g/mol. The maximum atomic E-state index is 13.4. The van der Waals surface area contributed by atoms with Gasteiger partial charge in [-0.25, -0.2) is 4.39 Å². The Balaban J connectivity index is 2.28. The lowest BCUT2D eigenvalue weighted by molar-refractivity contribution is 0.102. The molecule has 0 aromatic carbocycles. The van der Waals surface area contributed by atoms with E-state index in [1.54, 1.807) is 0 Å². The van der Waals surface area contributed by atoms with Crippen molar-refractivity contribution in [3.63, 3.8) is 0 Å². The van der Waals surface area contributed by atoms with Crippen LogP contribution in [0.4, 0.5) is 10.1 Å². The van der Waals surface area contributed by atoms with Gasteiger partial charge in [0, 0.05) is 18.6 Å². The topological polar surface area (TPSA) is 80.9 Å². The third kappa shape index (κ3) is 3.16. The summed E-state index contributed by atoms with van der Waals surface area (Å²) in [7, 11) is 0. The van der Waals surface area contributed by atoms with E-state index in [0.29, 0.717) is 11.1 Å². The predicted octanol–water partition coefficient (Wildman–Crippen LogP) is 1.18. The van der Waals surface area contributed by atoms with Crippen molar-refractivity contribution in [2.24, 2.45) is 5.73 Å². The number of rotatable bonds is 2. The summed E-state index contributed by atoms with van der Waals surface area (Å²) in [5, 5.41) is 2.46. The lowest BCUT2D eigenvalue weighted by atomic mass is 10.1. The number of nitrogens with zero attached hydrogens (tertiary/aromatic N) is 2. The molecule has 1 amide bonds. The molecule has 2 rings (SSSR count). The molecule has 100 valence electrons. The van der Waals surface area contributed by atoms with Gasteiger partial charge in [-0.2, -0.15) is 0 Å². The Morgan fingerprint density at radius 3 is 2.80 bits per heavy atom. The van der Waals surface area contributed by atoms with Gasteiger partial charge in [0.25, 0.3) is 5.91 Å². The van der Waals surface area contributed by atoms with Crippen molar-refractivity contribution in [2.45, 2.75) is 0 Å². The molecule has 0 radical (unpaired) electrons. The zero-order valence-corrected chi connectivity index (χ0v) is 10.4. The summed E-state index contributed by atoms with van der Waals surface area (Å²) in [5.74, 6) is 4.32. The Kier molecular flexibility index (Phi) is 4.37. The standard InChI is InChI=1S/C14H11FN4O/c15-12-9-18-7-4-13(12)19-14(20)11-3-6-17-8-10(11)2-1-5-16/h3-4,6-9H,5,16H2,(H,18,19,20). The van der Waals surface area contributed by atoms with Crippen LogP contribution in [-0.2, 0) is 0 Å². The van der Waals surface area contributed by atoms with Crippen molar-refractivity contribution in [1.82, 2.24) is 9.97 Å². The van der Waals surface area contributed by atoms with Gasteiger partial charge in [-0.15, -0.1) is 0 Å². The smallest absolute Gasteiger partial charge is 0.257 e. The largest absolute Gasteiger partial charge is 0.320 e. The number of nitrogens with one attached hydrogen (secondary N) is 1. The quantitative estimate of drug-likeness (QED) is 0.803. The van der Waals surface area contributed by atoms with Crippen LogP contribution in [-0.4, -0.2) is 22.4 Å². The second-order valence-electron chi connectivity index (χ2n) is 3.74. The van der Waals surface area contributed by atoms with Crippen molar-refractivity contribution in [3.05, 3.63) is 53.9 Å². The van der Waals surface area contributed by atoms with Gasteiger partial charge in [0.1, 0.15) is 0 Å². The number of nitrogens with two attached hydrogens (primary N) is 1. The molecule has 0 aliphatic carbocycles. The number of anilines is 1. The summed E-state index contributed by atoms with van der Waals surface area (Å²) in [6.07, 6.45) is 5.34. The van der Waals surface area contributed by atoms with Crippen LogP contribution in [0.15, 0.2) is 36.9 Å². The van der Waals surface area contributed by atoms with E-state index in [4.69, 9.17) is 5.73 Å². The van der Waals surface area contributed by atoms with Gasteiger partial charge in [-0.05, 0) is 12.1 Å². The van der Waals surface area contributed by atoms with Crippen LogP contribution in [0.2, 0.25) is 0 Å². The summed E-state index contributed by atoms with van der Waals surface area (Å²) < 4.78 is 13.4. The normalized spacial score (nSPS) is 9.50. The third-order valence-electron chi connectivity index (χ3n) is 2.41. The maximum Gasteiger partial charge on any atom is 0.257 e. The minimum atomic E-state index is -0.607. The first-order chi connectivity index (χ1) is 9.72. The van der Waals surface area contributed by atoms with Crippen LogP contribution >= 0.6 is 0 Å². The molecule has 0 saturated heterocycles. The van der Waals surface area contributed by atoms with E-state index < -0.39 is 11.7 Å². The summed E-state index contributed by atoms with van der Waals surface area (Å²) in [4.78, 5) is 19.6. The molecule has 5 nitrogen and oxygen atoms in total. The molecule has 0 unspecified atom stereocenters. The second-order valence-corrected chi connectivity index (χ2v) is 3.74. The molecule has 0 bridgehead atoms. The Bertz CT molecular complexity index is 691. The van der Waals surface area contributed by atoms with Crippen molar-refractivity contribution in [1.29, 1.82) is 0 Å². The minimum absolute atomic E-state index is 0.0551. The van der Waals surface area contributed by atoms with E-state index in [1.807, 2.05) is 0 Å². The predicted molar refractivity (Wildman–Crippen MR) is 72.3 cm³/mol. The zero-order valence-electron chi connectivity index (χ0n) is 10.4. The van der Waals surface area contributed by atoms with Gasteiger partial charge >= 0.3 is 0 Å². The molecule has 0 spiro atoms. The zero-order chi connectivity index (χ0) is 14.4.